The van der Waals surface area contributed by atoms with Crippen LogP contribution in [0.1, 0.15) is 81.3 Å². The maximum atomic E-state index is 8.26. The summed E-state index contributed by atoms with van der Waals surface area (Å²) in [7, 11) is 0. The summed E-state index contributed by atoms with van der Waals surface area (Å²) in [6.07, 6.45) is 13.4. The van der Waals surface area contributed by atoms with Crippen molar-refractivity contribution in [2.75, 3.05) is 0 Å². The van der Waals surface area contributed by atoms with Crippen LogP contribution in [0.5, 0.6) is 0 Å². The van der Waals surface area contributed by atoms with Crippen LogP contribution in [0.15, 0.2) is 48.4 Å². The fourth-order valence-electron chi connectivity index (χ4n) is 4.22. The molecule has 0 radical (unpaired) electrons. The predicted octanol–water partition coefficient (Wildman–Crippen LogP) is 7.98. The van der Waals surface area contributed by atoms with Crippen molar-refractivity contribution in [3.63, 3.8) is 0 Å². The molecule has 0 aliphatic heterocycles. The Labute approximate surface area is 166 Å². The normalized spacial score (nSPS) is 22.4. The van der Waals surface area contributed by atoms with Gasteiger partial charge in [-0.15, -0.1) is 0 Å². The second-order valence-corrected chi connectivity index (χ2v) is 8.12. The lowest BCUT2D eigenvalue weighted by Gasteiger charge is -2.28. The summed E-state index contributed by atoms with van der Waals surface area (Å²) < 4.78 is 32.6. The average molecular weight is 353 g/mol. The summed E-state index contributed by atoms with van der Waals surface area (Å²) >= 11 is 0. The van der Waals surface area contributed by atoms with Gasteiger partial charge in [0.25, 0.3) is 0 Å². The third kappa shape index (κ3) is 5.73. The minimum Gasteiger partial charge on any atom is -0.0654 e. The molecule has 0 saturated heterocycles. The van der Waals surface area contributed by atoms with Crippen LogP contribution in [0, 0.1) is 18.8 Å². The van der Waals surface area contributed by atoms with E-state index in [0.717, 1.165) is 23.8 Å². The quantitative estimate of drug-likeness (QED) is 0.422. The number of benzene rings is 2. The molecular formula is C26H36. The van der Waals surface area contributed by atoms with Gasteiger partial charge < -0.3 is 0 Å². The smallest absolute Gasteiger partial charge is 0.0629 e. The number of aryl methyl sites for hydroxylation is 1. The molecule has 1 fully saturated rings. The van der Waals surface area contributed by atoms with Gasteiger partial charge >= 0.3 is 0 Å². The van der Waals surface area contributed by atoms with Crippen LogP contribution in [0.3, 0.4) is 0 Å². The Balaban J connectivity index is 1.57. The molecule has 2 aromatic carbocycles. The minimum atomic E-state index is 0.0527. The molecular weight excluding hydrogens is 312 g/mol. The predicted molar refractivity (Wildman–Crippen MR) is 115 cm³/mol. The van der Waals surface area contributed by atoms with E-state index in [1.807, 2.05) is 12.1 Å². The zero-order valence-corrected chi connectivity index (χ0v) is 16.5. The summed E-state index contributed by atoms with van der Waals surface area (Å²) in [6, 6.07) is 8.32. The van der Waals surface area contributed by atoms with E-state index in [9.17, 15) is 0 Å². The van der Waals surface area contributed by atoms with Crippen molar-refractivity contribution in [3.8, 4) is 11.1 Å². The first-order valence-corrected chi connectivity index (χ1v) is 10.6. The highest BCUT2D eigenvalue weighted by atomic mass is 14.3. The molecule has 140 valence electrons. The SMILES string of the molecule is [2H]c1c([2H])c(-c2ccc(CCC3CCC(CCCCC)CC3)cc2)c([2H])c([2H])c1C. The van der Waals surface area contributed by atoms with Crippen molar-refractivity contribution in [1.29, 1.82) is 0 Å². The Kier molecular flexibility index (Phi) is 5.55. The highest BCUT2D eigenvalue weighted by molar-refractivity contribution is 5.63. The third-order valence-electron chi connectivity index (χ3n) is 6.02. The molecule has 1 saturated carbocycles. The van der Waals surface area contributed by atoms with Crippen LogP contribution < -0.4 is 0 Å². The summed E-state index contributed by atoms with van der Waals surface area (Å²) in [6.45, 7) is 3.92. The maximum absolute atomic E-state index is 8.26. The van der Waals surface area contributed by atoms with Gasteiger partial charge in [0, 0.05) is 0 Å². The van der Waals surface area contributed by atoms with E-state index in [4.69, 9.17) is 5.48 Å². The number of unbranched alkanes of at least 4 members (excludes halogenated alkanes) is 2. The summed E-state index contributed by atoms with van der Waals surface area (Å²) in [5.41, 5.74) is 2.88. The lowest BCUT2D eigenvalue weighted by Crippen LogP contribution is -2.15. The van der Waals surface area contributed by atoms with E-state index >= 15 is 0 Å². The summed E-state index contributed by atoms with van der Waals surface area (Å²) in [4.78, 5) is 0. The van der Waals surface area contributed by atoms with Gasteiger partial charge in [0.2, 0.25) is 0 Å². The van der Waals surface area contributed by atoms with Gasteiger partial charge in [-0.25, -0.2) is 0 Å². The monoisotopic (exact) mass is 352 g/mol. The minimum absolute atomic E-state index is 0.0527. The fourth-order valence-corrected chi connectivity index (χ4v) is 4.22. The standard InChI is InChI=1S/C26H36/c1-3-4-5-6-22-9-11-23(12-10-22)13-14-24-15-19-26(20-16-24)25-17-7-21(2)8-18-25/h7-8,15-20,22-23H,3-6,9-14H2,1-2H3/i7D,8D,17D,18D. The molecule has 0 amide bonds. The van der Waals surface area contributed by atoms with Gasteiger partial charge in [0.05, 0.1) is 5.48 Å². The topological polar surface area (TPSA) is 0 Å². The molecule has 2 aromatic rings. The zero-order valence-electron chi connectivity index (χ0n) is 20.5. The maximum Gasteiger partial charge on any atom is 0.0629 e. The first kappa shape index (κ1) is 14.5. The van der Waals surface area contributed by atoms with Crippen LogP contribution in [-0.4, -0.2) is 0 Å². The molecule has 0 N–H and O–H groups in total. The van der Waals surface area contributed by atoms with E-state index in [1.54, 1.807) is 6.92 Å². The van der Waals surface area contributed by atoms with Crippen LogP contribution in [0.4, 0.5) is 0 Å². The summed E-state index contributed by atoms with van der Waals surface area (Å²) in [5.74, 6) is 1.81. The Morgan fingerprint density at radius 3 is 2.04 bits per heavy atom. The molecule has 0 spiro atoms. The summed E-state index contributed by atoms with van der Waals surface area (Å²) in [5, 5.41) is 0. The molecule has 0 aromatic heterocycles. The van der Waals surface area contributed by atoms with Gasteiger partial charge in [-0.05, 0) is 48.3 Å². The second-order valence-electron chi connectivity index (χ2n) is 8.12. The van der Waals surface area contributed by atoms with Crippen molar-refractivity contribution in [2.45, 2.75) is 78.1 Å². The van der Waals surface area contributed by atoms with Crippen molar-refractivity contribution >= 4 is 0 Å². The van der Waals surface area contributed by atoms with Crippen molar-refractivity contribution in [1.82, 2.24) is 0 Å². The van der Waals surface area contributed by atoms with Crippen LogP contribution in [0.2, 0.25) is 0 Å². The Morgan fingerprint density at radius 2 is 1.42 bits per heavy atom. The first-order chi connectivity index (χ1) is 14.4. The van der Waals surface area contributed by atoms with Crippen molar-refractivity contribution in [2.24, 2.45) is 11.8 Å². The molecule has 0 atom stereocenters. The van der Waals surface area contributed by atoms with E-state index < -0.39 is 0 Å². The Hall–Kier alpha value is -1.56. The second kappa shape index (κ2) is 9.95. The molecule has 1 aliphatic carbocycles. The number of rotatable bonds is 8. The molecule has 0 unspecified atom stereocenters. The molecule has 0 nitrogen and oxygen atoms in total. The average Bonchev–Trinajstić information content (AvgIpc) is 2.77. The Bertz CT molecular complexity index is 804. The van der Waals surface area contributed by atoms with Crippen LogP contribution in [-0.2, 0) is 6.42 Å². The van der Waals surface area contributed by atoms with E-state index in [0.29, 0.717) is 11.1 Å². The molecule has 1 aliphatic rings. The highest BCUT2D eigenvalue weighted by Gasteiger charge is 2.20. The van der Waals surface area contributed by atoms with E-state index in [2.05, 4.69) is 19.1 Å². The van der Waals surface area contributed by atoms with Gasteiger partial charge in [0.1, 0.15) is 0 Å². The molecule has 3 rings (SSSR count). The zero-order chi connectivity index (χ0) is 21.7. The molecule has 0 heteroatoms. The third-order valence-corrected chi connectivity index (χ3v) is 6.02. The van der Waals surface area contributed by atoms with Crippen LogP contribution in [0.25, 0.3) is 11.1 Å². The van der Waals surface area contributed by atoms with E-state index in [1.165, 1.54) is 63.4 Å². The number of hydrogen-bond acceptors (Lipinski definition) is 0. The first-order valence-electron chi connectivity index (χ1n) is 12.6. The highest BCUT2D eigenvalue weighted by Crippen LogP contribution is 2.34. The van der Waals surface area contributed by atoms with Gasteiger partial charge in [-0.3, -0.25) is 0 Å². The van der Waals surface area contributed by atoms with Crippen molar-refractivity contribution < 1.29 is 5.48 Å². The fraction of sp³-hybridized carbons (Fsp3) is 0.538. The van der Waals surface area contributed by atoms with Crippen molar-refractivity contribution in [3.05, 3.63) is 59.6 Å². The molecule has 0 bridgehead atoms. The van der Waals surface area contributed by atoms with Gasteiger partial charge in [-0.2, -0.15) is 0 Å². The lowest BCUT2D eigenvalue weighted by atomic mass is 9.78. The molecule has 0 heterocycles. The van der Waals surface area contributed by atoms with Gasteiger partial charge in [0.15, 0.2) is 0 Å². The molecule has 26 heavy (non-hydrogen) atoms. The van der Waals surface area contributed by atoms with Crippen LogP contribution >= 0.6 is 0 Å². The van der Waals surface area contributed by atoms with E-state index in [-0.39, 0.29) is 24.2 Å². The Morgan fingerprint density at radius 1 is 0.808 bits per heavy atom. The van der Waals surface area contributed by atoms with Gasteiger partial charge in [-0.1, -0.05) is 112 Å². The lowest BCUT2D eigenvalue weighted by molar-refractivity contribution is 0.249. The number of hydrogen-bond donors (Lipinski definition) is 0. The largest absolute Gasteiger partial charge is 0.0654 e.